The van der Waals surface area contributed by atoms with Crippen LogP contribution in [0.25, 0.3) is 0 Å². The number of methoxy groups -OCH3 is 1. The van der Waals surface area contributed by atoms with Gasteiger partial charge in [0.1, 0.15) is 5.75 Å². The molecule has 1 N–H and O–H groups in total. The number of benzene rings is 2. The van der Waals surface area contributed by atoms with E-state index in [0.717, 1.165) is 42.0 Å². The number of hydrogen-bond acceptors (Lipinski definition) is 4. The molecule has 164 valence electrons. The second kappa shape index (κ2) is 8.83. The van der Waals surface area contributed by atoms with E-state index in [4.69, 9.17) is 4.74 Å². The van der Waals surface area contributed by atoms with Crippen molar-refractivity contribution < 1.29 is 14.3 Å². The summed E-state index contributed by atoms with van der Waals surface area (Å²) in [5, 5.41) is 3.06. The minimum atomic E-state index is -0.240. The SMILES string of the molecule is COc1cccc(C(=O)N2CCSC23CCN(C(=O)Nc2cccc(C)c2C)CC3)c1. The van der Waals surface area contributed by atoms with E-state index in [2.05, 4.69) is 5.32 Å². The molecule has 3 amide bonds. The molecule has 0 unspecified atom stereocenters. The van der Waals surface area contributed by atoms with Crippen molar-refractivity contribution >= 4 is 29.4 Å². The minimum Gasteiger partial charge on any atom is -0.497 e. The Morgan fingerprint density at radius 3 is 2.55 bits per heavy atom. The highest BCUT2D eigenvalue weighted by Gasteiger charge is 2.47. The molecule has 0 radical (unpaired) electrons. The first kappa shape index (κ1) is 21.6. The molecule has 7 heteroatoms. The predicted molar refractivity (Wildman–Crippen MR) is 125 cm³/mol. The van der Waals surface area contributed by atoms with Crippen molar-refractivity contribution in [1.82, 2.24) is 9.80 Å². The van der Waals surface area contributed by atoms with Crippen molar-refractivity contribution in [2.24, 2.45) is 0 Å². The number of nitrogens with one attached hydrogen (secondary N) is 1. The molecular formula is C24H29N3O3S. The Morgan fingerprint density at radius 1 is 1.06 bits per heavy atom. The molecule has 2 saturated heterocycles. The Morgan fingerprint density at radius 2 is 1.81 bits per heavy atom. The van der Waals surface area contributed by atoms with E-state index in [1.165, 1.54) is 0 Å². The lowest BCUT2D eigenvalue weighted by atomic mass is 10.0. The molecule has 6 nitrogen and oxygen atoms in total. The molecular weight excluding hydrogens is 410 g/mol. The van der Waals surface area contributed by atoms with Gasteiger partial charge in [-0.05, 0) is 62.1 Å². The molecule has 2 aliphatic heterocycles. The molecule has 2 heterocycles. The molecule has 0 bridgehead atoms. The lowest BCUT2D eigenvalue weighted by molar-refractivity contribution is 0.0585. The second-order valence-corrected chi connectivity index (χ2v) is 9.60. The number of ether oxygens (including phenoxy) is 1. The fourth-order valence-corrected chi connectivity index (χ4v) is 5.82. The Kier molecular flexibility index (Phi) is 6.14. The lowest BCUT2D eigenvalue weighted by Crippen LogP contribution is -2.54. The smallest absolute Gasteiger partial charge is 0.321 e. The molecule has 0 aromatic heterocycles. The zero-order valence-electron chi connectivity index (χ0n) is 18.3. The standard InChI is InChI=1S/C24H29N3O3S/c1-17-6-4-9-21(18(17)2)25-23(29)26-12-10-24(11-13-26)27(14-15-31-24)22(28)19-7-5-8-20(16-19)30-3/h4-9,16H,10-15H2,1-3H3,(H,25,29). The van der Waals surface area contributed by atoms with Crippen molar-refractivity contribution in [3.8, 4) is 5.75 Å². The molecule has 31 heavy (non-hydrogen) atoms. The van der Waals surface area contributed by atoms with Crippen LogP contribution in [0.5, 0.6) is 5.75 Å². The van der Waals surface area contributed by atoms with Gasteiger partial charge in [0.2, 0.25) is 0 Å². The van der Waals surface area contributed by atoms with Crippen LogP contribution in [0.4, 0.5) is 10.5 Å². The molecule has 4 rings (SSSR count). The summed E-state index contributed by atoms with van der Waals surface area (Å²) in [7, 11) is 1.61. The highest BCUT2D eigenvalue weighted by molar-refractivity contribution is 8.00. The average molecular weight is 440 g/mol. The predicted octanol–water partition coefficient (Wildman–Crippen LogP) is 4.53. The number of urea groups is 1. The van der Waals surface area contributed by atoms with Crippen LogP contribution in [0.15, 0.2) is 42.5 Å². The second-order valence-electron chi connectivity index (χ2n) is 8.15. The van der Waals surface area contributed by atoms with Gasteiger partial charge in [0, 0.05) is 36.6 Å². The Hall–Kier alpha value is -2.67. The Bertz CT molecular complexity index is 986. The van der Waals surface area contributed by atoms with Gasteiger partial charge in [-0.3, -0.25) is 4.79 Å². The Labute approximate surface area is 187 Å². The van der Waals surface area contributed by atoms with Crippen LogP contribution in [-0.4, -0.2) is 59.1 Å². The number of anilines is 1. The summed E-state index contributed by atoms with van der Waals surface area (Å²) < 4.78 is 5.28. The van der Waals surface area contributed by atoms with Crippen molar-refractivity contribution in [3.63, 3.8) is 0 Å². The van der Waals surface area contributed by atoms with Gasteiger partial charge in [-0.1, -0.05) is 18.2 Å². The van der Waals surface area contributed by atoms with E-state index in [1.807, 2.05) is 71.8 Å². The zero-order valence-corrected chi connectivity index (χ0v) is 19.1. The summed E-state index contributed by atoms with van der Waals surface area (Å²) in [6, 6.07) is 13.2. The number of rotatable bonds is 3. The number of hydrogen-bond donors (Lipinski definition) is 1. The van der Waals surface area contributed by atoms with Crippen molar-refractivity contribution in [1.29, 1.82) is 0 Å². The maximum atomic E-state index is 13.3. The van der Waals surface area contributed by atoms with Crippen molar-refractivity contribution in [2.75, 3.05) is 37.8 Å². The monoisotopic (exact) mass is 439 g/mol. The van der Waals surface area contributed by atoms with Crippen LogP contribution < -0.4 is 10.1 Å². The van der Waals surface area contributed by atoms with Gasteiger partial charge in [0.25, 0.3) is 5.91 Å². The topological polar surface area (TPSA) is 61.9 Å². The number of piperidine rings is 1. The summed E-state index contributed by atoms with van der Waals surface area (Å²) in [5.74, 6) is 1.64. The van der Waals surface area contributed by atoms with Gasteiger partial charge in [0.05, 0.1) is 12.0 Å². The van der Waals surface area contributed by atoms with E-state index in [0.29, 0.717) is 24.4 Å². The van der Waals surface area contributed by atoms with Crippen LogP contribution in [0, 0.1) is 13.8 Å². The highest BCUT2D eigenvalue weighted by atomic mass is 32.2. The van der Waals surface area contributed by atoms with E-state index in [9.17, 15) is 9.59 Å². The van der Waals surface area contributed by atoms with Gasteiger partial charge in [-0.2, -0.15) is 0 Å². The van der Waals surface area contributed by atoms with Gasteiger partial charge in [-0.15, -0.1) is 11.8 Å². The normalized spacial score (nSPS) is 17.6. The summed E-state index contributed by atoms with van der Waals surface area (Å²) in [5.41, 5.74) is 3.75. The summed E-state index contributed by atoms with van der Waals surface area (Å²) in [4.78, 5) is 29.8. The van der Waals surface area contributed by atoms with Crippen LogP contribution in [0.1, 0.15) is 34.3 Å². The number of thioether (sulfide) groups is 1. The van der Waals surface area contributed by atoms with E-state index in [-0.39, 0.29) is 16.8 Å². The van der Waals surface area contributed by atoms with Crippen LogP contribution in [-0.2, 0) is 0 Å². The molecule has 2 aromatic carbocycles. The van der Waals surface area contributed by atoms with Gasteiger partial charge >= 0.3 is 6.03 Å². The number of carbonyl (C=O) groups excluding carboxylic acids is 2. The third kappa shape index (κ3) is 4.24. The van der Waals surface area contributed by atoms with Crippen molar-refractivity contribution in [3.05, 3.63) is 59.2 Å². The third-order valence-corrected chi connectivity index (χ3v) is 7.97. The number of carbonyl (C=O) groups is 2. The highest BCUT2D eigenvalue weighted by Crippen LogP contribution is 2.44. The quantitative estimate of drug-likeness (QED) is 0.764. The maximum Gasteiger partial charge on any atom is 0.321 e. The van der Waals surface area contributed by atoms with E-state index in [1.54, 1.807) is 13.2 Å². The Balaban J connectivity index is 1.43. The summed E-state index contributed by atoms with van der Waals surface area (Å²) in [6.07, 6.45) is 1.54. The van der Waals surface area contributed by atoms with Gasteiger partial charge in [-0.25, -0.2) is 4.79 Å². The zero-order chi connectivity index (χ0) is 22.0. The number of nitrogens with zero attached hydrogens (tertiary/aromatic N) is 2. The van der Waals surface area contributed by atoms with Crippen molar-refractivity contribution in [2.45, 2.75) is 31.6 Å². The van der Waals surface area contributed by atoms with Gasteiger partial charge < -0.3 is 19.9 Å². The van der Waals surface area contributed by atoms with Crippen LogP contribution in [0.2, 0.25) is 0 Å². The summed E-state index contributed by atoms with van der Waals surface area (Å²) >= 11 is 1.84. The van der Waals surface area contributed by atoms with Crippen LogP contribution in [0.3, 0.4) is 0 Å². The average Bonchev–Trinajstić information content (AvgIpc) is 3.19. The molecule has 0 atom stereocenters. The third-order valence-electron chi connectivity index (χ3n) is 6.42. The molecule has 1 spiro atoms. The van der Waals surface area contributed by atoms with E-state index < -0.39 is 0 Å². The number of amides is 3. The summed E-state index contributed by atoms with van der Waals surface area (Å²) in [6.45, 7) is 6.06. The first-order valence-corrected chi connectivity index (χ1v) is 11.6. The fraction of sp³-hybridized carbons (Fsp3) is 0.417. The number of aryl methyl sites for hydroxylation is 1. The van der Waals surface area contributed by atoms with Gasteiger partial charge in [0.15, 0.2) is 0 Å². The minimum absolute atomic E-state index is 0.0391. The molecule has 2 fully saturated rings. The molecule has 2 aromatic rings. The largest absolute Gasteiger partial charge is 0.497 e. The van der Waals surface area contributed by atoms with Crippen LogP contribution >= 0.6 is 11.8 Å². The lowest BCUT2D eigenvalue weighted by Gasteiger charge is -2.44. The number of likely N-dealkylation sites (tertiary alicyclic amines) is 1. The van der Waals surface area contributed by atoms with E-state index >= 15 is 0 Å². The molecule has 2 aliphatic rings. The molecule has 0 aliphatic carbocycles. The molecule has 0 saturated carbocycles. The first-order valence-electron chi connectivity index (χ1n) is 10.7. The maximum absolute atomic E-state index is 13.3. The first-order chi connectivity index (χ1) is 14.9. The fourth-order valence-electron chi connectivity index (χ4n) is 4.36.